The summed E-state index contributed by atoms with van der Waals surface area (Å²) in [5, 5.41) is 12.5. The van der Waals surface area contributed by atoms with E-state index < -0.39 is 5.97 Å². The van der Waals surface area contributed by atoms with E-state index in [4.69, 9.17) is 9.84 Å². The number of carbonyl (C=O) groups is 1. The molecule has 1 heterocycles. The van der Waals surface area contributed by atoms with Crippen LogP contribution in [0.3, 0.4) is 0 Å². The number of ether oxygens (including phenoxy) is 1. The van der Waals surface area contributed by atoms with E-state index in [1.807, 2.05) is 36.4 Å². The zero-order chi connectivity index (χ0) is 24.6. The highest BCUT2D eigenvalue weighted by atomic mass is 19.1. The number of carboxylic acid groups (broad SMARTS) is 1. The largest absolute Gasteiger partial charge is 0.477 e. The lowest BCUT2D eigenvalue weighted by atomic mass is 10.2. The van der Waals surface area contributed by atoms with Crippen molar-refractivity contribution < 1.29 is 19.0 Å². The van der Waals surface area contributed by atoms with Crippen LogP contribution in [0.2, 0.25) is 0 Å². The Kier molecular flexibility index (Phi) is 7.32. The molecule has 4 aromatic rings. The Morgan fingerprint density at radius 1 is 1.00 bits per heavy atom. The summed E-state index contributed by atoms with van der Waals surface area (Å²) in [6.45, 7) is 4.66. The van der Waals surface area contributed by atoms with E-state index in [9.17, 15) is 9.18 Å². The van der Waals surface area contributed by atoms with Crippen LogP contribution in [-0.2, 0) is 6.54 Å². The third-order valence-corrected chi connectivity index (χ3v) is 5.17. The molecule has 0 bridgehead atoms. The molecule has 35 heavy (non-hydrogen) atoms. The summed E-state index contributed by atoms with van der Waals surface area (Å²) in [5.74, 6) is -0.674. The van der Waals surface area contributed by atoms with Crippen LogP contribution in [0.15, 0.2) is 96.0 Å². The lowest BCUT2D eigenvalue weighted by Gasteiger charge is -2.27. The van der Waals surface area contributed by atoms with Gasteiger partial charge < -0.3 is 20.1 Å². The quantitative estimate of drug-likeness (QED) is 0.215. The number of nitrogens with zero attached hydrogens (tertiary/aromatic N) is 3. The number of para-hydroxylation sites is 2. The second-order valence-corrected chi connectivity index (χ2v) is 7.60. The molecule has 0 aliphatic heterocycles. The number of aliphatic imine (C=N–C) groups is 1. The molecule has 2 N–H and O–H groups in total. The molecule has 0 saturated heterocycles. The zero-order valence-electron chi connectivity index (χ0n) is 18.8. The van der Waals surface area contributed by atoms with E-state index in [2.05, 4.69) is 26.9 Å². The van der Waals surface area contributed by atoms with Crippen LogP contribution < -0.4 is 15.0 Å². The topological polar surface area (TPSA) is 87.0 Å². The van der Waals surface area contributed by atoms with Crippen molar-refractivity contribution in [2.45, 2.75) is 6.54 Å². The van der Waals surface area contributed by atoms with Crippen LogP contribution in [0, 0.1) is 5.82 Å². The minimum atomic E-state index is -1.12. The number of carboxylic acids is 1. The monoisotopic (exact) mass is 470 g/mol. The smallest absolute Gasteiger partial charge is 0.354 e. The second kappa shape index (κ2) is 10.9. The summed E-state index contributed by atoms with van der Waals surface area (Å²) < 4.78 is 19.0. The first-order chi connectivity index (χ1) is 17.0. The molecule has 0 atom stereocenters. The van der Waals surface area contributed by atoms with Crippen LogP contribution in [0.5, 0.6) is 11.6 Å². The Morgan fingerprint density at radius 3 is 2.46 bits per heavy atom. The van der Waals surface area contributed by atoms with Gasteiger partial charge in [0.05, 0.1) is 18.0 Å². The minimum absolute atomic E-state index is 0.0867. The molecule has 0 radical (unpaired) electrons. The molecule has 3 aromatic carbocycles. The number of hydrogen-bond donors (Lipinski definition) is 2. The zero-order valence-corrected chi connectivity index (χ0v) is 18.8. The van der Waals surface area contributed by atoms with E-state index in [0.29, 0.717) is 19.0 Å². The van der Waals surface area contributed by atoms with E-state index in [0.717, 1.165) is 22.6 Å². The van der Waals surface area contributed by atoms with Gasteiger partial charge in [-0.2, -0.15) is 0 Å². The van der Waals surface area contributed by atoms with Gasteiger partial charge in [-0.3, -0.25) is 4.99 Å². The van der Waals surface area contributed by atoms with Crippen molar-refractivity contribution in [3.63, 3.8) is 0 Å². The van der Waals surface area contributed by atoms with Gasteiger partial charge in [-0.05, 0) is 66.9 Å². The highest BCUT2D eigenvalue weighted by Gasteiger charge is 2.12. The maximum absolute atomic E-state index is 13.4. The van der Waals surface area contributed by atoms with Crippen molar-refractivity contribution in [2.75, 3.05) is 16.9 Å². The first-order valence-corrected chi connectivity index (χ1v) is 10.8. The van der Waals surface area contributed by atoms with Gasteiger partial charge in [-0.15, -0.1) is 0 Å². The van der Waals surface area contributed by atoms with E-state index in [1.54, 1.807) is 36.4 Å². The van der Waals surface area contributed by atoms with Gasteiger partial charge in [-0.1, -0.05) is 30.3 Å². The SMILES string of the molecule is C=Nc1ccccc1N(CNc1ccc(Oc2cccc(C(=O)O)n2)cc1)Cc1ccc(F)cc1. The van der Waals surface area contributed by atoms with Crippen LogP contribution in [0.4, 0.5) is 21.5 Å². The first kappa shape index (κ1) is 23.4. The summed E-state index contributed by atoms with van der Waals surface area (Å²) in [6.07, 6.45) is 0. The Labute approximate surface area is 202 Å². The number of pyridine rings is 1. The number of aromatic nitrogens is 1. The van der Waals surface area contributed by atoms with Crippen LogP contribution in [0.1, 0.15) is 16.1 Å². The highest BCUT2D eigenvalue weighted by molar-refractivity contribution is 5.85. The summed E-state index contributed by atoms with van der Waals surface area (Å²) >= 11 is 0. The van der Waals surface area contributed by atoms with Gasteiger partial charge >= 0.3 is 5.97 Å². The number of hydrogen-bond acceptors (Lipinski definition) is 6. The molecule has 0 amide bonds. The molecule has 0 saturated carbocycles. The highest BCUT2D eigenvalue weighted by Crippen LogP contribution is 2.29. The molecular formula is C27H23FN4O3. The predicted octanol–water partition coefficient (Wildman–Crippen LogP) is 6.12. The maximum Gasteiger partial charge on any atom is 0.354 e. The molecule has 1 aromatic heterocycles. The van der Waals surface area contributed by atoms with Crippen molar-refractivity contribution in [1.29, 1.82) is 0 Å². The summed E-state index contributed by atoms with van der Waals surface area (Å²) in [7, 11) is 0. The van der Waals surface area contributed by atoms with Gasteiger partial charge in [-0.25, -0.2) is 14.2 Å². The molecule has 8 heteroatoms. The molecular weight excluding hydrogens is 447 g/mol. The second-order valence-electron chi connectivity index (χ2n) is 7.60. The fraction of sp³-hybridized carbons (Fsp3) is 0.0741. The van der Waals surface area contributed by atoms with Gasteiger partial charge in [0.1, 0.15) is 11.6 Å². The molecule has 0 fully saturated rings. The number of anilines is 2. The number of halogens is 1. The van der Waals surface area contributed by atoms with Crippen LogP contribution >= 0.6 is 0 Å². The first-order valence-electron chi connectivity index (χ1n) is 10.8. The molecule has 0 aliphatic rings. The standard InChI is InChI=1S/C27H23FN4O3/c1-29-23-5-2-3-7-25(23)32(17-19-9-11-20(28)12-10-19)18-30-21-13-15-22(16-14-21)35-26-8-4-6-24(31-26)27(33)34/h2-16,30H,1,17-18H2,(H,33,34). The average Bonchev–Trinajstić information content (AvgIpc) is 2.88. The fourth-order valence-corrected chi connectivity index (χ4v) is 3.44. The normalized spacial score (nSPS) is 10.4. The van der Waals surface area contributed by atoms with Crippen molar-refractivity contribution in [3.8, 4) is 11.6 Å². The number of aromatic carboxylic acids is 1. The number of nitrogens with one attached hydrogen (secondary N) is 1. The third-order valence-electron chi connectivity index (χ3n) is 5.17. The van der Waals surface area contributed by atoms with E-state index in [-0.39, 0.29) is 17.4 Å². The van der Waals surface area contributed by atoms with Gasteiger partial charge in [0.25, 0.3) is 0 Å². The minimum Gasteiger partial charge on any atom is -0.477 e. The van der Waals surface area contributed by atoms with Crippen molar-refractivity contribution >= 4 is 29.7 Å². The lowest BCUT2D eigenvalue weighted by molar-refractivity contribution is 0.0689. The molecule has 0 spiro atoms. The van der Waals surface area contributed by atoms with Crippen LogP contribution in [0.25, 0.3) is 0 Å². The Balaban J connectivity index is 1.47. The molecule has 0 unspecified atom stereocenters. The molecule has 0 aliphatic carbocycles. The van der Waals surface area contributed by atoms with Gasteiger partial charge in [0.15, 0.2) is 5.69 Å². The third kappa shape index (κ3) is 6.20. The maximum atomic E-state index is 13.4. The number of rotatable bonds is 10. The Bertz CT molecular complexity index is 1310. The molecule has 176 valence electrons. The van der Waals surface area contributed by atoms with E-state index in [1.165, 1.54) is 18.2 Å². The molecule has 7 nitrogen and oxygen atoms in total. The average molecular weight is 471 g/mol. The summed E-state index contributed by atoms with van der Waals surface area (Å²) in [5.41, 5.74) is 3.35. The Morgan fingerprint density at radius 2 is 1.74 bits per heavy atom. The van der Waals surface area contributed by atoms with Gasteiger partial charge in [0, 0.05) is 18.3 Å². The summed E-state index contributed by atoms with van der Waals surface area (Å²) in [4.78, 5) is 21.3. The van der Waals surface area contributed by atoms with E-state index >= 15 is 0 Å². The lowest BCUT2D eigenvalue weighted by Crippen LogP contribution is -2.29. The van der Waals surface area contributed by atoms with Crippen LogP contribution in [-0.4, -0.2) is 29.4 Å². The fourth-order valence-electron chi connectivity index (χ4n) is 3.44. The molecule has 4 rings (SSSR count). The van der Waals surface area contributed by atoms with Gasteiger partial charge in [0.2, 0.25) is 5.88 Å². The number of benzene rings is 3. The van der Waals surface area contributed by atoms with Crippen molar-refractivity contribution in [3.05, 3.63) is 108 Å². The summed E-state index contributed by atoms with van der Waals surface area (Å²) in [6, 6.07) is 25.9. The van der Waals surface area contributed by atoms with Crippen molar-refractivity contribution in [2.24, 2.45) is 4.99 Å². The van der Waals surface area contributed by atoms with Crippen molar-refractivity contribution in [1.82, 2.24) is 4.98 Å². The predicted molar refractivity (Wildman–Crippen MR) is 134 cm³/mol. The Hall–Kier alpha value is -4.72.